The summed E-state index contributed by atoms with van der Waals surface area (Å²) in [6.45, 7) is 6.53. The van der Waals surface area contributed by atoms with Crippen molar-refractivity contribution in [1.29, 1.82) is 0 Å². The zero-order valence-corrected chi connectivity index (χ0v) is 14.2. The number of nitrogens with one attached hydrogen (secondary N) is 1. The number of furan rings is 1. The van der Waals surface area contributed by atoms with Crippen LogP contribution < -0.4 is 14.8 Å². The first kappa shape index (κ1) is 15.0. The second-order valence-electron chi connectivity index (χ2n) is 5.14. The summed E-state index contributed by atoms with van der Waals surface area (Å²) in [6, 6.07) is 3.55. The third kappa shape index (κ3) is 2.59. The Kier molecular flexibility index (Phi) is 3.87. The normalized spacial score (nSPS) is 13.1. The number of carbonyl (C=O) groups is 1. The number of carbonyl (C=O) groups excluding carboxylic acids is 1. The van der Waals surface area contributed by atoms with Gasteiger partial charge in [-0.15, -0.1) is 0 Å². The number of fused-ring (bicyclic) bond motifs is 1. The van der Waals surface area contributed by atoms with E-state index < -0.39 is 0 Å². The van der Waals surface area contributed by atoms with E-state index in [0.29, 0.717) is 41.7 Å². The maximum absolute atomic E-state index is 12.5. The van der Waals surface area contributed by atoms with Gasteiger partial charge in [0.25, 0.3) is 5.91 Å². The summed E-state index contributed by atoms with van der Waals surface area (Å²) in [6.07, 6.45) is 0. The van der Waals surface area contributed by atoms with Gasteiger partial charge < -0.3 is 19.2 Å². The van der Waals surface area contributed by atoms with Crippen LogP contribution in [0.2, 0.25) is 0 Å². The highest BCUT2D eigenvalue weighted by Gasteiger charge is 2.21. The van der Waals surface area contributed by atoms with Crippen LogP contribution in [0.3, 0.4) is 0 Å². The molecule has 22 heavy (non-hydrogen) atoms. The van der Waals surface area contributed by atoms with Crippen LogP contribution in [-0.2, 0) is 0 Å². The number of benzene rings is 1. The maximum atomic E-state index is 12.5. The van der Waals surface area contributed by atoms with Gasteiger partial charge in [0.15, 0.2) is 11.5 Å². The minimum atomic E-state index is -0.204. The molecule has 0 radical (unpaired) electrons. The quantitative estimate of drug-likeness (QED) is 0.873. The molecule has 0 bridgehead atoms. The van der Waals surface area contributed by atoms with Gasteiger partial charge in [0.2, 0.25) is 0 Å². The monoisotopic (exact) mass is 365 g/mol. The van der Waals surface area contributed by atoms with E-state index in [-0.39, 0.29) is 5.91 Å². The van der Waals surface area contributed by atoms with E-state index >= 15 is 0 Å². The van der Waals surface area contributed by atoms with E-state index in [1.807, 2.05) is 13.8 Å². The van der Waals surface area contributed by atoms with Crippen molar-refractivity contribution in [3.63, 3.8) is 0 Å². The largest absolute Gasteiger partial charge is 0.486 e. The third-order valence-electron chi connectivity index (χ3n) is 3.67. The van der Waals surface area contributed by atoms with E-state index in [1.165, 1.54) is 0 Å². The fourth-order valence-electron chi connectivity index (χ4n) is 2.47. The predicted octanol–water partition coefficient (Wildman–Crippen LogP) is 3.99. The summed E-state index contributed by atoms with van der Waals surface area (Å²) >= 11 is 3.44. The van der Waals surface area contributed by atoms with Crippen LogP contribution in [0, 0.1) is 20.8 Å². The Balaban J connectivity index is 1.91. The lowest BCUT2D eigenvalue weighted by atomic mass is 10.1. The summed E-state index contributed by atoms with van der Waals surface area (Å²) in [7, 11) is 0. The Bertz CT molecular complexity index is 751. The first-order valence-electron chi connectivity index (χ1n) is 6.94. The van der Waals surface area contributed by atoms with Crippen LogP contribution in [0.4, 0.5) is 5.69 Å². The molecule has 1 aromatic heterocycles. The van der Waals surface area contributed by atoms with Crippen molar-refractivity contribution in [2.75, 3.05) is 18.5 Å². The van der Waals surface area contributed by atoms with Crippen molar-refractivity contribution in [2.45, 2.75) is 20.8 Å². The van der Waals surface area contributed by atoms with Crippen molar-refractivity contribution >= 4 is 27.5 Å². The molecule has 0 saturated carbocycles. The average molecular weight is 366 g/mol. The first-order valence-corrected chi connectivity index (χ1v) is 7.73. The Morgan fingerprint density at radius 3 is 2.32 bits per heavy atom. The molecule has 2 aromatic rings. The van der Waals surface area contributed by atoms with Crippen LogP contribution in [0.5, 0.6) is 11.5 Å². The van der Waals surface area contributed by atoms with Gasteiger partial charge in [-0.2, -0.15) is 0 Å². The number of ether oxygens (including phenoxy) is 2. The molecule has 1 aliphatic rings. The summed E-state index contributed by atoms with van der Waals surface area (Å²) in [5.41, 5.74) is 2.05. The molecule has 1 amide bonds. The van der Waals surface area contributed by atoms with Crippen LogP contribution >= 0.6 is 15.9 Å². The Labute approximate surface area is 136 Å². The second kappa shape index (κ2) is 5.68. The van der Waals surface area contributed by atoms with Crippen LogP contribution in [0.1, 0.15) is 27.4 Å². The van der Waals surface area contributed by atoms with Crippen LogP contribution in [0.15, 0.2) is 21.0 Å². The van der Waals surface area contributed by atoms with E-state index in [9.17, 15) is 4.79 Å². The zero-order valence-electron chi connectivity index (χ0n) is 12.6. The molecule has 0 unspecified atom stereocenters. The predicted molar refractivity (Wildman–Crippen MR) is 86.0 cm³/mol. The first-order chi connectivity index (χ1) is 10.5. The molecule has 1 N–H and O–H groups in total. The molecule has 0 spiro atoms. The van der Waals surface area contributed by atoms with Gasteiger partial charge in [-0.05, 0) is 36.7 Å². The molecule has 0 fully saturated rings. The maximum Gasteiger partial charge on any atom is 0.259 e. The summed E-state index contributed by atoms with van der Waals surface area (Å²) < 4.78 is 17.3. The van der Waals surface area contributed by atoms with Gasteiger partial charge in [-0.25, -0.2) is 0 Å². The number of amides is 1. The van der Waals surface area contributed by atoms with Crippen molar-refractivity contribution in [1.82, 2.24) is 0 Å². The van der Waals surface area contributed by atoms with Gasteiger partial charge in [0.05, 0.1) is 11.3 Å². The minimum absolute atomic E-state index is 0.204. The molecule has 1 aliphatic heterocycles. The third-order valence-corrected chi connectivity index (χ3v) is 4.32. The highest BCUT2D eigenvalue weighted by Crippen LogP contribution is 2.38. The van der Waals surface area contributed by atoms with Crippen LogP contribution in [0.25, 0.3) is 0 Å². The lowest BCUT2D eigenvalue weighted by molar-refractivity contribution is 0.102. The molecule has 1 aromatic carbocycles. The molecule has 5 nitrogen and oxygen atoms in total. The number of anilines is 1. The zero-order chi connectivity index (χ0) is 15.9. The fourth-order valence-corrected chi connectivity index (χ4v) is 2.89. The molecule has 0 saturated heterocycles. The minimum Gasteiger partial charge on any atom is -0.486 e. The average Bonchev–Trinajstić information content (AvgIpc) is 2.73. The van der Waals surface area contributed by atoms with E-state index in [1.54, 1.807) is 19.1 Å². The molecule has 3 rings (SSSR count). The number of hydrogen-bond acceptors (Lipinski definition) is 4. The smallest absolute Gasteiger partial charge is 0.259 e. The van der Waals surface area contributed by atoms with E-state index in [2.05, 4.69) is 21.2 Å². The number of aryl methyl sites for hydroxylation is 2. The van der Waals surface area contributed by atoms with Gasteiger partial charge >= 0.3 is 0 Å². The van der Waals surface area contributed by atoms with Gasteiger partial charge in [0.1, 0.15) is 24.7 Å². The van der Waals surface area contributed by atoms with E-state index in [0.717, 1.165) is 15.8 Å². The molecule has 0 aliphatic carbocycles. The summed E-state index contributed by atoms with van der Waals surface area (Å²) in [4.78, 5) is 12.5. The Hall–Kier alpha value is -1.95. The highest BCUT2D eigenvalue weighted by molar-refractivity contribution is 9.10. The SMILES string of the molecule is Cc1oc(C)c(C(=O)Nc2cc3c(cc2Br)OCCO3)c1C. The summed E-state index contributed by atoms with van der Waals surface area (Å²) in [5.74, 6) is 2.46. The molecule has 6 heteroatoms. The van der Waals surface area contributed by atoms with Gasteiger partial charge in [0, 0.05) is 22.2 Å². The van der Waals surface area contributed by atoms with Crippen molar-refractivity contribution < 1.29 is 18.7 Å². The lowest BCUT2D eigenvalue weighted by Crippen LogP contribution is -2.17. The Morgan fingerprint density at radius 1 is 1.09 bits per heavy atom. The van der Waals surface area contributed by atoms with Gasteiger partial charge in [-0.1, -0.05) is 0 Å². The molecule has 116 valence electrons. The fraction of sp³-hybridized carbons (Fsp3) is 0.312. The van der Waals surface area contributed by atoms with Crippen LogP contribution in [-0.4, -0.2) is 19.1 Å². The molecular weight excluding hydrogens is 350 g/mol. The molecular formula is C16H16BrNO4. The Morgan fingerprint density at radius 2 is 1.73 bits per heavy atom. The highest BCUT2D eigenvalue weighted by atomic mass is 79.9. The number of rotatable bonds is 2. The van der Waals surface area contributed by atoms with Gasteiger partial charge in [-0.3, -0.25) is 4.79 Å². The molecule has 0 atom stereocenters. The lowest BCUT2D eigenvalue weighted by Gasteiger charge is -2.20. The second-order valence-corrected chi connectivity index (χ2v) is 6.00. The standard InChI is InChI=1S/C16H16BrNO4/c1-8-9(2)22-10(3)15(8)16(19)18-12-7-14-13(6-11(12)17)20-4-5-21-14/h6-7H,4-5H2,1-3H3,(H,18,19). The van der Waals surface area contributed by atoms with Crippen molar-refractivity contribution in [3.05, 3.63) is 39.3 Å². The van der Waals surface area contributed by atoms with Crippen molar-refractivity contribution in [3.8, 4) is 11.5 Å². The number of hydrogen-bond donors (Lipinski definition) is 1. The van der Waals surface area contributed by atoms with E-state index in [4.69, 9.17) is 13.9 Å². The molecule has 2 heterocycles. The topological polar surface area (TPSA) is 60.7 Å². The number of halogens is 1. The van der Waals surface area contributed by atoms with Crippen molar-refractivity contribution in [2.24, 2.45) is 0 Å². The summed E-state index contributed by atoms with van der Waals surface area (Å²) in [5, 5.41) is 2.89.